The van der Waals surface area contributed by atoms with Crippen molar-refractivity contribution in [1.29, 1.82) is 0 Å². The number of benzene rings is 1. The quantitative estimate of drug-likeness (QED) is 0.647. The molecule has 2 heterocycles. The van der Waals surface area contributed by atoms with Gasteiger partial charge in [-0.15, -0.1) is 0 Å². The van der Waals surface area contributed by atoms with Crippen LogP contribution in [0.15, 0.2) is 17.0 Å². The zero-order chi connectivity index (χ0) is 23.6. The third-order valence-corrected chi connectivity index (χ3v) is 8.14. The second-order valence-corrected chi connectivity index (χ2v) is 10.3. The minimum absolute atomic E-state index is 0.161. The number of nitrogens with zero attached hydrogens (tertiary/aromatic N) is 3. The number of methoxy groups -OCH3 is 2. The first-order chi connectivity index (χ1) is 15.1. The van der Waals surface area contributed by atoms with Gasteiger partial charge in [0.2, 0.25) is 15.9 Å². The monoisotopic (exact) mass is 484 g/mol. The lowest BCUT2D eigenvalue weighted by atomic mass is 10.0. The molecule has 1 amide bonds. The van der Waals surface area contributed by atoms with Gasteiger partial charge in [-0.25, -0.2) is 8.42 Å². The number of halogens is 1. The van der Waals surface area contributed by atoms with Crippen molar-refractivity contribution in [1.82, 2.24) is 14.1 Å². The number of rotatable bonds is 7. The smallest absolute Gasteiger partial charge is 0.246 e. The Hall–Kier alpha value is -2.30. The molecule has 0 aliphatic carbocycles. The molecule has 1 aromatic heterocycles. The number of carbonyl (C=O) groups is 1. The van der Waals surface area contributed by atoms with Crippen LogP contribution in [0.25, 0.3) is 0 Å². The summed E-state index contributed by atoms with van der Waals surface area (Å²) in [6.45, 7) is 6.26. The molecule has 0 spiro atoms. The first-order valence-corrected chi connectivity index (χ1v) is 12.2. The van der Waals surface area contributed by atoms with Gasteiger partial charge in [0.25, 0.3) is 0 Å². The number of carbonyl (C=O) groups excluding carboxylic acids is 1. The third kappa shape index (κ3) is 4.87. The second-order valence-electron chi connectivity index (χ2n) is 7.98. The fraction of sp³-hybridized carbons (Fsp3) is 0.524. The van der Waals surface area contributed by atoms with E-state index in [2.05, 4.69) is 17.3 Å². The molecule has 1 aromatic carbocycles. The molecular formula is C21H29ClN4O5S. The lowest BCUT2D eigenvalue weighted by Crippen LogP contribution is -2.38. The van der Waals surface area contributed by atoms with Crippen LogP contribution in [0.3, 0.4) is 0 Å². The number of nitrogens with one attached hydrogen (secondary N) is 1. The van der Waals surface area contributed by atoms with Crippen LogP contribution in [0.2, 0.25) is 5.02 Å². The molecule has 1 aliphatic heterocycles. The molecule has 0 bridgehead atoms. The highest BCUT2D eigenvalue weighted by Gasteiger charge is 2.33. The Balaban J connectivity index is 1.81. The van der Waals surface area contributed by atoms with E-state index in [1.165, 1.54) is 29.3 Å². The lowest BCUT2D eigenvalue weighted by molar-refractivity contribution is -0.117. The van der Waals surface area contributed by atoms with Crippen molar-refractivity contribution in [2.45, 2.75) is 45.1 Å². The summed E-state index contributed by atoms with van der Waals surface area (Å²) in [6, 6.07) is 3.11. The number of hydrogen-bond acceptors (Lipinski definition) is 6. The highest BCUT2D eigenvalue weighted by Crippen LogP contribution is 2.36. The highest BCUT2D eigenvalue weighted by atomic mass is 35.5. The van der Waals surface area contributed by atoms with Crippen LogP contribution in [-0.2, 0) is 21.4 Å². The number of aryl methyl sites for hydroxylation is 1. The fourth-order valence-corrected chi connectivity index (χ4v) is 5.93. The van der Waals surface area contributed by atoms with Crippen LogP contribution in [0, 0.1) is 19.8 Å². The molecule has 1 N–H and O–H groups in total. The minimum atomic E-state index is -3.68. The van der Waals surface area contributed by atoms with Gasteiger partial charge in [-0.1, -0.05) is 18.5 Å². The summed E-state index contributed by atoms with van der Waals surface area (Å²) >= 11 is 6.16. The number of amides is 1. The van der Waals surface area contributed by atoms with Crippen molar-refractivity contribution >= 4 is 33.2 Å². The molecule has 0 atom stereocenters. The molecule has 0 saturated carbocycles. The van der Waals surface area contributed by atoms with Gasteiger partial charge in [0.15, 0.2) is 0 Å². The Kier molecular flexibility index (Phi) is 7.36. The summed E-state index contributed by atoms with van der Waals surface area (Å²) in [5, 5.41) is 7.39. The molecule has 1 fully saturated rings. The Morgan fingerprint density at radius 1 is 1.19 bits per heavy atom. The van der Waals surface area contributed by atoms with E-state index in [0.717, 1.165) is 12.8 Å². The molecule has 1 saturated heterocycles. The lowest BCUT2D eigenvalue weighted by Gasteiger charge is -2.29. The molecule has 2 aromatic rings. The minimum Gasteiger partial charge on any atom is -0.495 e. The summed E-state index contributed by atoms with van der Waals surface area (Å²) in [5.74, 6) is 0.918. The SMILES string of the molecule is COc1cc(OC)c(NC(=O)Cn2nc(C)c(S(=O)(=O)N3CCC(C)CC3)c2C)cc1Cl. The molecule has 3 rings (SSSR count). The van der Waals surface area contributed by atoms with E-state index in [1.54, 1.807) is 19.9 Å². The van der Waals surface area contributed by atoms with Gasteiger partial charge >= 0.3 is 0 Å². The number of sulfonamides is 1. The van der Waals surface area contributed by atoms with Gasteiger partial charge < -0.3 is 14.8 Å². The maximum Gasteiger partial charge on any atom is 0.246 e. The summed E-state index contributed by atoms with van der Waals surface area (Å²) in [6.07, 6.45) is 1.67. The van der Waals surface area contributed by atoms with Crippen molar-refractivity contribution in [2.24, 2.45) is 5.92 Å². The van der Waals surface area contributed by atoms with Crippen LogP contribution in [0.4, 0.5) is 5.69 Å². The number of ether oxygens (including phenoxy) is 2. The molecular weight excluding hydrogens is 456 g/mol. The van der Waals surface area contributed by atoms with E-state index in [9.17, 15) is 13.2 Å². The van der Waals surface area contributed by atoms with E-state index in [4.69, 9.17) is 21.1 Å². The van der Waals surface area contributed by atoms with Crippen LogP contribution < -0.4 is 14.8 Å². The van der Waals surface area contributed by atoms with E-state index < -0.39 is 15.9 Å². The Labute approximate surface area is 193 Å². The normalized spacial score (nSPS) is 15.6. The Morgan fingerprint density at radius 3 is 2.41 bits per heavy atom. The Bertz CT molecular complexity index is 1110. The van der Waals surface area contributed by atoms with E-state index in [0.29, 0.717) is 52.6 Å². The Morgan fingerprint density at radius 2 is 1.81 bits per heavy atom. The number of aromatic nitrogens is 2. The topological polar surface area (TPSA) is 103 Å². The molecule has 176 valence electrons. The zero-order valence-corrected chi connectivity index (χ0v) is 20.5. The van der Waals surface area contributed by atoms with Crippen molar-refractivity contribution in [3.63, 3.8) is 0 Å². The fourth-order valence-electron chi connectivity index (χ4n) is 3.85. The summed E-state index contributed by atoms with van der Waals surface area (Å²) in [4.78, 5) is 12.9. The first kappa shape index (κ1) is 24.3. The molecule has 11 heteroatoms. The predicted octanol–water partition coefficient (Wildman–Crippen LogP) is 3.23. The van der Waals surface area contributed by atoms with Crippen molar-refractivity contribution in [2.75, 3.05) is 32.6 Å². The van der Waals surface area contributed by atoms with Crippen molar-refractivity contribution in [3.05, 3.63) is 28.5 Å². The van der Waals surface area contributed by atoms with Crippen molar-refractivity contribution in [3.8, 4) is 11.5 Å². The summed E-state index contributed by atoms with van der Waals surface area (Å²) in [5.41, 5.74) is 1.18. The first-order valence-electron chi connectivity index (χ1n) is 10.3. The maximum atomic E-state index is 13.2. The summed E-state index contributed by atoms with van der Waals surface area (Å²) < 4.78 is 39.9. The van der Waals surface area contributed by atoms with E-state index >= 15 is 0 Å². The highest BCUT2D eigenvalue weighted by molar-refractivity contribution is 7.89. The van der Waals surface area contributed by atoms with Crippen LogP contribution in [-0.4, -0.2) is 55.7 Å². The third-order valence-electron chi connectivity index (χ3n) is 5.70. The maximum absolute atomic E-state index is 13.2. The molecule has 0 unspecified atom stereocenters. The molecule has 9 nitrogen and oxygen atoms in total. The number of anilines is 1. The predicted molar refractivity (Wildman–Crippen MR) is 122 cm³/mol. The summed E-state index contributed by atoms with van der Waals surface area (Å²) in [7, 11) is -0.724. The van der Waals surface area contributed by atoms with Gasteiger partial charge in [-0.3, -0.25) is 9.48 Å². The van der Waals surface area contributed by atoms with Gasteiger partial charge in [0.05, 0.1) is 36.3 Å². The van der Waals surface area contributed by atoms with E-state index in [1.807, 2.05) is 0 Å². The standard InChI is InChI=1S/C21H29ClN4O5S/c1-13-6-8-25(9-7-13)32(28,29)21-14(2)24-26(15(21)3)12-20(27)23-17-10-16(22)18(30-4)11-19(17)31-5/h10-11,13H,6-9,12H2,1-5H3,(H,23,27). The van der Waals surface area contributed by atoms with Crippen molar-refractivity contribution < 1.29 is 22.7 Å². The van der Waals surface area contributed by atoms with Gasteiger partial charge in [0, 0.05) is 19.2 Å². The average molecular weight is 485 g/mol. The van der Waals surface area contributed by atoms with Gasteiger partial charge in [0.1, 0.15) is 22.9 Å². The van der Waals surface area contributed by atoms with Crippen LogP contribution in [0.5, 0.6) is 11.5 Å². The number of hydrogen-bond donors (Lipinski definition) is 1. The second kappa shape index (κ2) is 9.68. The van der Waals surface area contributed by atoms with Gasteiger partial charge in [-0.2, -0.15) is 9.40 Å². The molecule has 32 heavy (non-hydrogen) atoms. The number of piperidine rings is 1. The largest absolute Gasteiger partial charge is 0.495 e. The molecule has 0 radical (unpaired) electrons. The van der Waals surface area contributed by atoms with Crippen LogP contribution >= 0.6 is 11.6 Å². The zero-order valence-electron chi connectivity index (χ0n) is 18.9. The van der Waals surface area contributed by atoms with E-state index in [-0.39, 0.29) is 11.4 Å². The van der Waals surface area contributed by atoms with Crippen LogP contribution in [0.1, 0.15) is 31.2 Å². The van der Waals surface area contributed by atoms with Gasteiger partial charge in [-0.05, 0) is 38.7 Å². The molecule has 1 aliphatic rings. The average Bonchev–Trinajstić information content (AvgIpc) is 3.01.